The molecule has 1 saturated carbocycles. The molecule has 3 heterocycles. The largest absolute Gasteiger partial charge is 0.379 e. The minimum atomic E-state index is 0.136. The fourth-order valence-corrected chi connectivity index (χ4v) is 3.14. The van der Waals surface area contributed by atoms with Crippen molar-refractivity contribution in [3.8, 4) is 0 Å². The normalized spacial score (nSPS) is 21.0. The molecular formula is C16H21N5O. The van der Waals surface area contributed by atoms with Gasteiger partial charge in [0.05, 0.1) is 24.5 Å². The summed E-state index contributed by atoms with van der Waals surface area (Å²) < 4.78 is 7.96. The summed E-state index contributed by atoms with van der Waals surface area (Å²) in [4.78, 5) is 11.1. The van der Waals surface area contributed by atoms with E-state index in [1.807, 2.05) is 24.0 Å². The van der Waals surface area contributed by atoms with E-state index in [1.165, 1.54) is 24.1 Å². The van der Waals surface area contributed by atoms with Crippen LogP contribution in [0, 0.1) is 5.92 Å². The highest BCUT2D eigenvalue weighted by Gasteiger charge is 2.33. The molecule has 0 aromatic carbocycles. The smallest absolute Gasteiger partial charge is 0.225 e. The third kappa shape index (κ3) is 2.59. The summed E-state index contributed by atoms with van der Waals surface area (Å²) in [7, 11) is 2.00. The number of hydrogen-bond donors (Lipinski definition) is 0. The lowest BCUT2D eigenvalue weighted by atomic mass is 10.0. The zero-order valence-electron chi connectivity index (χ0n) is 12.9. The highest BCUT2D eigenvalue weighted by Crippen LogP contribution is 2.33. The Kier molecular flexibility index (Phi) is 3.54. The Hall–Kier alpha value is -1.95. The lowest BCUT2D eigenvalue weighted by Gasteiger charge is -2.35. The summed E-state index contributed by atoms with van der Waals surface area (Å²) in [5.41, 5.74) is 2.55. The molecule has 0 radical (unpaired) electrons. The van der Waals surface area contributed by atoms with Crippen molar-refractivity contribution in [1.29, 1.82) is 0 Å². The van der Waals surface area contributed by atoms with Gasteiger partial charge in [-0.25, -0.2) is 9.97 Å². The predicted octanol–water partition coefficient (Wildman–Crippen LogP) is 1.74. The highest BCUT2D eigenvalue weighted by molar-refractivity contribution is 5.40. The van der Waals surface area contributed by atoms with E-state index in [1.54, 1.807) is 12.4 Å². The zero-order chi connectivity index (χ0) is 14.9. The maximum absolute atomic E-state index is 5.99. The average molecular weight is 299 g/mol. The van der Waals surface area contributed by atoms with Crippen molar-refractivity contribution in [3.63, 3.8) is 0 Å². The van der Waals surface area contributed by atoms with Crippen molar-refractivity contribution in [1.82, 2.24) is 19.7 Å². The van der Waals surface area contributed by atoms with Crippen molar-refractivity contribution in [2.75, 3.05) is 24.7 Å². The number of nitrogens with zero attached hydrogens (tertiary/aromatic N) is 5. The molecule has 0 spiro atoms. The Morgan fingerprint density at radius 2 is 2.05 bits per heavy atom. The fourth-order valence-electron chi connectivity index (χ4n) is 3.14. The molecule has 0 bridgehead atoms. The van der Waals surface area contributed by atoms with Crippen molar-refractivity contribution in [2.45, 2.75) is 25.3 Å². The van der Waals surface area contributed by atoms with Crippen molar-refractivity contribution in [3.05, 3.63) is 35.9 Å². The minimum Gasteiger partial charge on any atom is -0.379 e. The monoisotopic (exact) mass is 299 g/mol. The Bertz CT molecular complexity index is 637. The number of aryl methyl sites for hydroxylation is 1. The zero-order valence-corrected chi connectivity index (χ0v) is 12.9. The molecule has 1 fully saturated rings. The summed E-state index contributed by atoms with van der Waals surface area (Å²) >= 11 is 0. The van der Waals surface area contributed by atoms with Gasteiger partial charge in [-0.15, -0.1) is 0 Å². The maximum atomic E-state index is 5.99. The van der Waals surface area contributed by atoms with E-state index >= 15 is 0 Å². The molecule has 2 aromatic rings. The van der Waals surface area contributed by atoms with Crippen LogP contribution in [0.25, 0.3) is 0 Å². The molecule has 1 aliphatic heterocycles. The molecule has 2 aliphatic rings. The highest BCUT2D eigenvalue weighted by atomic mass is 16.5. The topological polar surface area (TPSA) is 56.1 Å². The van der Waals surface area contributed by atoms with E-state index in [-0.39, 0.29) is 6.04 Å². The van der Waals surface area contributed by atoms with Gasteiger partial charge >= 0.3 is 0 Å². The van der Waals surface area contributed by atoms with Gasteiger partial charge in [0.2, 0.25) is 5.95 Å². The molecule has 1 unspecified atom stereocenters. The molecule has 6 nitrogen and oxygen atoms in total. The molecule has 0 N–H and O–H groups in total. The van der Waals surface area contributed by atoms with Gasteiger partial charge in [0, 0.05) is 32.6 Å². The van der Waals surface area contributed by atoms with Gasteiger partial charge in [-0.1, -0.05) is 0 Å². The van der Waals surface area contributed by atoms with Crippen LogP contribution < -0.4 is 4.90 Å². The lowest BCUT2D eigenvalue weighted by molar-refractivity contribution is 0.106. The van der Waals surface area contributed by atoms with Gasteiger partial charge in [-0.2, -0.15) is 5.10 Å². The molecule has 0 saturated heterocycles. The van der Waals surface area contributed by atoms with E-state index in [2.05, 4.69) is 20.0 Å². The maximum Gasteiger partial charge on any atom is 0.225 e. The molecule has 2 aromatic heterocycles. The van der Waals surface area contributed by atoms with Crippen LogP contribution in [-0.2, 0) is 18.2 Å². The van der Waals surface area contributed by atoms with Gasteiger partial charge in [0.25, 0.3) is 0 Å². The summed E-state index contributed by atoms with van der Waals surface area (Å²) in [6.45, 7) is 2.44. The number of hydrogen-bond acceptors (Lipinski definition) is 5. The SMILES string of the molecule is Cn1ncc2c1C(COCC1CC1)N(c1ncccn1)CC2. The molecule has 22 heavy (non-hydrogen) atoms. The first-order valence-corrected chi connectivity index (χ1v) is 7.95. The van der Waals surface area contributed by atoms with E-state index in [0.29, 0.717) is 6.61 Å². The molecule has 4 rings (SSSR count). The Morgan fingerprint density at radius 1 is 1.23 bits per heavy atom. The van der Waals surface area contributed by atoms with Crippen LogP contribution in [0.15, 0.2) is 24.7 Å². The van der Waals surface area contributed by atoms with Crippen LogP contribution in [0.4, 0.5) is 5.95 Å². The number of ether oxygens (including phenoxy) is 1. The Morgan fingerprint density at radius 3 is 2.82 bits per heavy atom. The van der Waals surface area contributed by atoms with Crippen LogP contribution >= 0.6 is 0 Å². The van der Waals surface area contributed by atoms with E-state index < -0.39 is 0 Å². The molecular weight excluding hydrogens is 278 g/mol. The summed E-state index contributed by atoms with van der Waals surface area (Å²) in [6, 6.07) is 1.99. The van der Waals surface area contributed by atoms with E-state index in [0.717, 1.165) is 31.4 Å². The molecule has 0 amide bonds. The first-order valence-electron chi connectivity index (χ1n) is 7.95. The third-order valence-corrected chi connectivity index (χ3v) is 4.51. The average Bonchev–Trinajstić information content (AvgIpc) is 3.30. The van der Waals surface area contributed by atoms with Crippen LogP contribution in [0.2, 0.25) is 0 Å². The third-order valence-electron chi connectivity index (χ3n) is 4.51. The van der Waals surface area contributed by atoms with Crippen LogP contribution in [0.1, 0.15) is 30.1 Å². The number of anilines is 1. The molecule has 1 atom stereocenters. The Balaban J connectivity index is 1.60. The standard InChI is InChI=1S/C16H21N5O/c1-20-15-13(9-19-20)5-8-21(16-17-6-2-7-18-16)14(15)11-22-10-12-3-4-12/h2,6-7,9,12,14H,3-5,8,10-11H2,1H3. The Labute approximate surface area is 130 Å². The second kappa shape index (κ2) is 5.68. The van der Waals surface area contributed by atoms with Crippen molar-refractivity contribution >= 4 is 5.95 Å². The van der Waals surface area contributed by atoms with Gasteiger partial charge in [-0.3, -0.25) is 4.68 Å². The first-order chi connectivity index (χ1) is 10.8. The second-order valence-corrected chi connectivity index (χ2v) is 6.17. The van der Waals surface area contributed by atoms with Gasteiger partial charge in [0.1, 0.15) is 0 Å². The van der Waals surface area contributed by atoms with Crippen molar-refractivity contribution in [2.24, 2.45) is 13.0 Å². The second-order valence-electron chi connectivity index (χ2n) is 6.17. The predicted molar refractivity (Wildman–Crippen MR) is 82.6 cm³/mol. The summed E-state index contributed by atoms with van der Waals surface area (Å²) in [6.07, 6.45) is 9.17. The van der Waals surface area contributed by atoms with Gasteiger partial charge in [-0.05, 0) is 36.8 Å². The van der Waals surface area contributed by atoms with E-state index in [4.69, 9.17) is 4.74 Å². The molecule has 6 heteroatoms. The van der Waals surface area contributed by atoms with Crippen LogP contribution in [0.3, 0.4) is 0 Å². The van der Waals surface area contributed by atoms with E-state index in [9.17, 15) is 0 Å². The molecule has 1 aliphatic carbocycles. The minimum absolute atomic E-state index is 0.136. The fraction of sp³-hybridized carbons (Fsp3) is 0.562. The quantitative estimate of drug-likeness (QED) is 0.842. The summed E-state index contributed by atoms with van der Waals surface area (Å²) in [5.74, 6) is 1.55. The molecule has 116 valence electrons. The van der Waals surface area contributed by atoms with Gasteiger partial charge in [0.15, 0.2) is 0 Å². The summed E-state index contributed by atoms with van der Waals surface area (Å²) in [5, 5.41) is 4.43. The number of rotatable bonds is 5. The first kappa shape index (κ1) is 13.7. The van der Waals surface area contributed by atoms with Crippen LogP contribution in [-0.4, -0.2) is 39.5 Å². The van der Waals surface area contributed by atoms with Gasteiger partial charge < -0.3 is 9.64 Å². The number of aromatic nitrogens is 4. The van der Waals surface area contributed by atoms with Crippen molar-refractivity contribution < 1.29 is 4.74 Å². The number of fused-ring (bicyclic) bond motifs is 1. The lowest BCUT2D eigenvalue weighted by Crippen LogP contribution is -2.40. The van der Waals surface area contributed by atoms with Crippen LogP contribution in [0.5, 0.6) is 0 Å².